The van der Waals surface area contributed by atoms with E-state index in [4.69, 9.17) is 23.2 Å². The van der Waals surface area contributed by atoms with Crippen LogP contribution >= 0.6 is 23.2 Å². The summed E-state index contributed by atoms with van der Waals surface area (Å²) in [5.41, 5.74) is 1.19. The van der Waals surface area contributed by atoms with Crippen molar-refractivity contribution >= 4 is 40.3 Å². The topological polar surface area (TPSA) is 47.2 Å². The third kappa shape index (κ3) is 2.75. The number of aryl methyl sites for hydroxylation is 1. The van der Waals surface area contributed by atoms with Crippen molar-refractivity contribution in [1.29, 1.82) is 0 Å². The summed E-state index contributed by atoms with van der Waals surface area (Å²) in [5.74, 6) is 0.514. The van der Waals surface area contributed by atoms with Crippen LogP contribution in [-0.4, -0.2) is 15.9 Å². The molecule has 0 amide bonds. The molecule has 0 aliphatic carbocycles. The second-order valence-electron chi connectivity index (χ2n) is 4.71. The van der Waals surface area contributed by atoms with Gasteiger partial charge in [-0.2, -0.15) is 9.78 Å². The fourth-order valence-electron chi connectivity index (χ4n) is 2.09. The molecule has 0 unspecified atom stereocenters. The molecule has 2 aromatic carbocycles. The van der Waals surface area contributed by atoms with Crippen LogP contribution in [-0.2, 0) is 0 Å². The molecule has 0 fully saturated rings. The predicted octanol–water partition coefficient (Wildman–Crippen LogP) is 3.89. The standard InChI is InChI=1S/C16H11Cl2N3O/c1-10-20-15-5-3-2-4-12(15)16(22)21(10)19-9-11-6-7-13(17)14(18)8-11/h2-9H,1H3. The molecular formula is C16H11Cl2N3O. The smallest absolute Gasteiger partial charge is 0.267 e. The molecule has 1 aromatic heterocycles. The summed E-state index contributed by atoms with van der Waals surface area (Å²) in [6.07, 6.45) is 1.55. The predicted molar refractivity (Wildman–Crippen MR) is 90.2 cm³/mol. The van der Waals surface area contributed by atoms with Crippen molar-refractivity contribution in [2.24, 2.45) is 5.10 Å². The van der Waals surface area contributed by atoms with E-state index in [0.717, 1.165) is 5.56 Å². The van der Waals surface area contributed by atoms with E-state index >= 15 is 0 Å². The van der Waals surface area contributed by atoms with Gasteiger partial charge in [0.15, 0.2) is 0 Å². The zero-order valence-corrected chi connectivity index (χ0v) is 13.1. The Bertz CT molecular complexity index is 948. The van der Waals surface area contributed by atoms with E-state index in [2.05, 4.69) is 10.1 Å². The minimum absolute atomic E-state index is 0.209. The largest absolute Gasteiger partial charge is 0.282 e. The fraction of sp³-hybridized carbons (Fsp3) is 0.0625. The highest BCUT2D eigenvalue weighted by molar-refractivity contribution is 6.42. The van der Waals surface area contributed by atoms with Crippen molar-refractivity contribution in [2.45, 2.75) is 6.92 Å². The van der Waals surface area contributed by atoms with Crippen molar-refractivity contribution in [3.8, 4) is 0 Å². The Balaban J connectivity index is 2.08. The highest BCUT2D eigenvalue weighted by atomic mass is 35.5. The lowest BCUT2D eigenvalue weighted by Gasteiger charge is -2.05. The first-order valence-electron chi connectivity index (χ1n) is 6.54. The molecule has 110 valence electrons. The van der Waals surface area contributed by atoms with E-state index < -0.39 is 0 Å². The van der Waals surface area contributed by atoms with Gasteiger partial charge in [0, 0.05) is 0 Å². The van der Waals surface area contributed by atoms with E-state index in [1.165, 1.54) is 4.68 Å². The number of halogens is 2. The van der Waals surface area contributed by atoms with Gasteiger partial charge >= 0.3 is 0 Å². The minimum atomic E-state index is -0.209. The number of fused-ring (bicyclic) bond motifs is 1. The first-order chi connectivity index (χ1) is 10.6. The number of hydrogen-bond donors (Lipinski definition) is 0. The highest BCUT2D eigenvalue weighted by Crippen LogP contribution is 2.21. The molecule has 0 bridgehead atoms. The van der Waals surface area contributed by atoms with Gasteiger partial charge in [0.2, 0.25) is 0 Å². The van der Waals surface area contributed by atoms with Crippen LogP contribution in [0.25, 0.3) is 10.9 Å². The van der Waals surface area contributed by atoms with Crippen LogP contribution in [0.1, 0.15) is 11.4 Å². The quantitative estimate of drug-likeness (QED) is 0.668. The summed E-state index contributed by atoms with van der Waals surface area (Å²) in [5, 5.41) is 5.65. The SMILES string of the molecule is Cc1nc2ccccc2c(=O)n1N=Cc1ccc(Cl)c(Cl)c1. The molecule has 4 nitrogen and oxygen atoms in total. The molecule has 1 heterocycles. The van der Waals surface area contributed by atoms with E-state index in [-0.39, 0.29) is 5.56 Å². The van der Waals surface area contributed by atoms with Gasteiger partial charge in [0.25, 0.3) is 5.56 Å². The number of hydrogen-bond acceptors (Lipinski definition) is 3. The van der Waals surface area contributed by atoms with E-state index in [9.17, 15) is 4.79 Å². The first kappa shape index (κ1) is 14.8. The summed E-state index contributed by atoms with van der Waals surface area (Å²) < 4.78 is 1.27. The van der Waals surface area contributed by atoms with Gasteiger partial charge in [-0.3, -0.25) is 4.79 Å². The molecule has 0 aliphatic rings. The van der Waals surface area contributed by atoms with E-state index in [1.807, 2.05) is 6.07 Å². The van der Waals surface area contributed by atoms with Crippen LogP contribution < -0.4 is 5.56 Å². The lowest BCUT2D eigenvalue weighted by atomic mass is 10.2. The highest BCUT2D eigenvalue weighted by Gasteiger charge is 2.06. The van der Waals surface area contributed by atoms with E-state index in [1.54, 1.807) is 49.5 Å². The first-order valence-corrected chi connectivity index (χ1v) is 7.29. The fourth-order valence-corrected chi connectivity index (χ4v) is 2.39. The van der Waals surface area contributed by atoms with Crippen molar-refractivity contribution in [1.82, 2.24) is 9.66 Å². The van der Waals surface area contributed by atoms with Gasteiger partial charge in [0.1, 0.15) is 5.82 Å². The molecule has 0 aliphatic heterocycles. The zero-order chi connectivity index (χ0) is 15.7. The Labute approximate surface area is 136 Å². The van der Waals surface area contributed by atoms with Gasteiger partial charge in [-0.15, -0.1) is 0 Å². The molecule has 3 rings (SSSR count). The maximum atomic E-state index is 12.5. The van der Waals surface area contributed by atoms with Crippen molar-refractivity contribution in [3.63, 3.8) is 0 Å². The van der Waals surface area contributed by atoms with Crippen molar-refractivity contribution in [3.05, 3.63) is 74.3 Å². The minimum Gasteiger partial charge on any atom is -0.267 e. The molecule has 0 radical (unpaired) electrons. The second-order valence-corrected chi connectivity index (χ2v) is 5.53. The maximum Gasteiger partial charge on any atom is 0.282 e. The zero-order valence-electron chi connectivity index (χ0n) is 11.6. The molecule has 0 saturated carbocycles. The monoisotopic (exact) mass is 331 g/mol. The Morgan fingerprint density at radius 3 is 2.68 bits per heavy atom. The second kappa shape index (κ2) is 5.91. The van der Waals surface area contributed by atoms with Crippen LogP contribution in [0.4, 0.5) is 0 Å². The Morgan fingerprint density at radius 1 is 1.14 bits per heavy atom. The summed E-state index contributed by atoms with van der Waals surface area (Å²) in [6.45, 7) is 1.74. The van der Waals surface area contributed by atoms with Gasteiger partial charge in [-0.05, 0) is 36.8 Å². The van der Waals surface area contributed by atoms with Crippen molar-refractivity contribution in [2.75, 3.05) is 0 Å². The summed E-state index contributed by atoms with van der Waals surface area (Å²) in [6, 6.07) is 12.3. The third-order valence-corrected chi connectivity index (χ3v) is 3.92. The number of para-hydroxylation sites is 1. The Morgan fingerprint density at radius 2 is 1.91 bits per heavy atom. The summed E-state index contributed by atoms with van der Waals surface area (Å²) in [4.78, 5) is 16.8. The average molecular weight is 332 g/mol. The Kier molecular flexibility index (Phi) is 3.96. The summed E-state index contributed by atoms with van der Waals surface area (Å²) in [7, 11) is 0. The molecule has 22 heavy (non-hydrogen) atoms. The Hall–Kier alpha value is -2.17. The number of rotatable bonds is 2. The molecule has 0 spiro atoms. The summed E-state index contributed by atoms with van der Waals surface area (Å²) >= 11 is 11.8. The van der Waals surface area contributed by atoms with Crippen molar-refractivity contribution < 1.29 is 0 Å². The lowest BCUT2D eigenvalue weighted by molar-refractivity contribution is 0.771. The molecule has 6 heteroatoms. The van der Waals surface area contributed by atoms with Gasteiger partial charge in [-0.1, -0.05) is 41.4 Å². The number of aromatic nitrogens is 2. The van der Waals surface area contributed by atoms with Crippen LogP contribution in [0.15, 0.2) is 52.4 Å². The van der Waals surface area contributed by atoms with Crippen LogP contribution in [0.3, 0.4) is 0 Å². The number of nitrogens with zero attached hydrogens (tertiary/aromatic N) is 3. The lowest BCUT2D eigenvalue weighted by Crippen LogP contribution is -2.20. The van der Waals surface area contributed by atoms with Gasteiger partial charge in [0.05, 0.1) is 27.2 Å². The van der Waals surface area contributed by atoms with E-state index in [0.29, 0.717) is 26.8 Å². The molecule has 3 aromatic rings. The van der Waals surface area contributed by atoms with Crippen LogP contribution in [0.2, 0.25) is 10.0 Å². The molecule has 0 atom stereocenters. The third-order valence-electron chi connectivity index (χ3n) is 3.18. The normalized spacial score (nSPS) is 11.4. The average Bonchev–Trinajstić information content (AvgIpc) is 2.50. The van der Waals surface area contributed by atoms with Gasteiger partial charge in [-0.25, -0.2) is 4.98 Å². The van der Waals surface area contributed by atoms with Crippen LogP contribution in [0.5, 0.6) is 0 Å². The molecular weight excluding hydrogens is 321 g/mol. The number of benzene rings is 2. The molecule has 0 N–H and O–H groups in total. The maximum absolute atomic E-state index is 12.5. The van der Waals surface area contributed by atoms with Gasteiger partial charge < -0.3 is 0 Å². The van der Waals surface area contributed by atoms with Crippen LogP contribution in [0, 0.1) is 6.92 Å². The molecule has 0 saturated heterocycles.